The molecule has 0 aliphatic carbocycles. The van der Waals surface area contributed by atoms with Crippen molar-refractivity contribution in [1.29, 1.82) is 0 Å². The zero-order valence-corrected chi connectivity index (χ0v) is 16.5. The normalized spacial score (nSPS) is 17.0. The maximum absolute atomic E-state index is 13.5. The lowest BCUT2D eigenvalue weighted by Crippen LogP contribution is -2.37. The number of rotatable bonds is 3. The van der Waals surface area contributed by atoms with Crippen molar-refractivity contribution >= 4 is 32.9 Å². The van der Waals surface area contributed by atoms with E-state index in [1.54, 1.807) is 22.7 Å². The van der Waals surface area contributed by atoms with Crippen molar-refractivity contribution in [1.82, 2.24) is 14.5 Å². The van der Waals surface area contributed by atoms with E-state index in [0.29, 0.717) is 0 Å². The van der Waals surface area contributed by atoms with Gasteiger partial charge in [0.25, 0.3) is 5.56 Å². The van der Waals surface area contributed by atoms with Crippen molar-refractivity contribution in [3.05, 3.63) is 39.1 Å². The molecule has 0 amide bonds. The van der Waals surface area contributed by atoms with Gasteiger partial charge in [0, 0.05) is 27.8 Å². The van der Waals surface area contributed by atoms with Crippen LogP contribution in [0.4, 0.5) is 0 Å². The summed E-state index contributed by atoms with van der Waals surface area (Å²) in [5.74, 6) is 1.18. The predicted molar refractivity (Wildman–Crippen MR) is 107 cm³/mol. The van der Waals surface area contributed by atoms with Crippen LogP contribution in [-0.2, 0) is 0 Å². The Bertz CT molecular complexity index is 932. The molecule has 1 saturated heterocycles. The lowest BCUT2D eigenvalue weighted by atomic mass is 10.0. The Morgan fingerprint density at radius 1 is 1.24 bits per heavy atom. The van der Waals surface area contributed by atoms with Gasteiger partial charge in [0.2, 0.25) is 0 Å². The summed E-state index contributed by atoms with van der Waals surface area (Å²) in [6, 6.07) is 4.38. The molecule has 0 saturated carbocycles. The smallest absolute Gasteiger partial charge is 0.263 e. The van der Waals surface area contributed by atoms with Gasteiger partial charge in [-0.2, -0.15) is 0 Å². The monoisotopic (exact) mass is 373 g/mol. The molecule has 4 rings (SSSR count). The number of fused-ring (bicyclic) bond motifs is 1. The van der Waals surface area contributed by atoms with Crippen molar-refractivity contribution in [3.8, 4) is 10.4 Å². The first kappa shape index (κ1) is 16.9. The number of hydrogen-bond donors (Lipinski definition) is 0. The van der Waals surface area contributed by atoms with Crippen LogP contribution in [0.1, 0.15) is 44.5 Å². The molecule has 0 unspecified atom stereocenters. The van der Waals surface area contributed by atoms with Gasteiger partial charge in [-0.05, 0) is 44.4 Å². The van der Waals surface area contributed by atoms with Crippen LogP contribution in [-0.4, -0.2) is 34.6 Å². The highest BCUT2D eigenvalue weighted by atomic mass is 32.1. The summed E-state index contributed by atoms with van der Waals surface area (Å²) in [7, 11) is 2.15. The fraction of sp³-hybridized carbons (Fsp3) is 0.474. The van der Waals surface area contributed by atoms with Crippen molar-refractivity contribution in [3.63, 3.8) is 0 Å². The lowest BCUT2D eigenvalue weighted by Gasteiger charge is -2.32. The Morgan fingerprint density at radius 2 is 2.00 bits per heavy atom. The Labute approximate surface area is 155 Å². The van der Waals surface area contributed by atoms with Gasteiger partial charge >= 0.3 is 0 Å². The van der Waals surface area contributed by atoms with Gasteiger partial charge < -0.3 is 4.90 Å². The van der Waals surface area contributed by atoms with E-state index in [2.05, 4.69) is 42.6 Å². The standard InChI is InChI=1S/C19H23N3OS2/c1-12(2)17-20-18-16(14(11-25-18)15-5-4-10-24-15)19(23)22(17)13-6-8-21(3)9-7-13/h4-5,10-13H,6-9H2,1-3H3. The van der Waals surface area contributed by atoms with Gasteiger partial charge in [-0.3, -0.25) is 9.36 Å². The first-order chi connectivity index (χ1) is 12.1. The number of likely N-dealkylation sites (tertiary alicyclic amines) is 1. The summed E-state index contributed by atoms with van der Waals surface area (Å²) in [5.41, 5.74) is 1.19. The molecule has 0 N–H and O–H groups in total. The predicted octanol–water partition coefficient (Wildman–Crippen LogP) is 4.58. The Morgan fingerprint density at radius 3 is 2.64 bits per heavy atom. The van der Waals surface area contributed by atoms with Gasteiger partial charge in [-0.25, -0.2) is 4.98 Å². The first-order valence-electron chi connectivity index (χ1n) is 8.82. The average Bonchev–Trinajstić information content (AvgIpc) is 3.24. The SMILES string of the molecule is CC(C)c1nc2scc(-c3cccs3)c2c(=O)n1C1CCN(C)CC1. The highest BCUT2D eigenvalue weighted by Crippen LogP contribution is 2.35. The highest BCUT2D eigenvalue weighted by Gasteiger charge is 2.26. The van der Waals surface area contributed by atoms with Gasteiger partial charge in [-0.15, -0.1) is 22.7 Å². The second-order valence-electron chi connectivity index (χ2n) is 7.14. The third-order valence-corrected chi connectivity index (χ3v) is 6.80. The molecule has 0 aromatic carbocycles. The van der Waals surface area contributed by atoms with E-state index in [9.17, 15) is 4.79 Å². The van der Waals surface area contributed by atoms with E-state index >= 15 is 0 Å². The highest BCUT2D eigenvalue weighted by molar-refractivity contribution is 7.18. The number of nitrogens with zero attached hydrogens (tertiary/aromatic N) is 3. The van der Waals surface area contributed by atoms with E-state index in [1.165, 1.54) is 0 Å². The number of thiophene rings is 2. The zero-order valence-electron chi connectivity index (χ0n) is 14.9. The van der Waals surface area contributed by atoms with Gasteiger partial charge in [0.15, 0.2) is 0 Å². The van der Waals surface area contributed by atoms with Crippen LogP contribution in [0.2, 0.25) is 0 Å². The second-order valence-corrected chi connectivity index (χ2v) is 8.95. The zero-order chi connectivity index (χ0) is 17.6. The minimum Gasteiger partial charge on any atom is -0.306 e. The second kappa shape index (κ2) is 6.67. The van der Waals surface area contributed by atoms with Gasteiger partial charge in [0.05, 0.1) is 5.39 Å². The Kier molecular flexibility index (Phi) is 4.52. The molecule has 6 heteroatoms. The molecule has 1 aliphatic heterocycles. The minimum absolute atomic E-state index is 0.146. The van der Waals surface area contributed by atoms with Crippen molar-refractivity contribution in [2.24, 2.45) is 0 Å². The van der Waals surface area contributed by atoms with Crippen LogP contribution in [0.5, 0.6) is 0 Å². The summed E-state index contributed by atoms with van der Waals surface area (Å²) in [6.45, 7) is 6.34. The van der Waals surface area contributed by atoms with E-state index in [4.69, 9.17) is 4.98 Å². The minimum atomic E-state index is 0.146. The van der Waals surface area contributed by atoms with Crippen LogP contribution in [0.15, 0.2) is 27.7 Å². The van der Waals surface area contributed by atoms with Crippen LogP contribution >= 0.6 is 22.7 Å². The molecular weight excluding hydrogens is 350 g/mol. The molecule has 0 atom stereocenters. The molecule has 3 aromatic rings. The molecule has 0 bridgehead atoms. The molecule has 1 aliphatic rings. The van der Waals surface area contributed by atoms with Crippen LogP contribution in [0, 0.1) is 0 Å². The van der Waals surface area contributed by atoms with Crippen molar-refractivity contribution in [2.75, 3.05) is 20.1 Å². The quantitative estimate of drug-likeness (QED) is 0.675. The first-order valence-corrected chi connectivity index (χ1v) is 10.6. The molecule has 3 aromatic heterocycles. The summed E-state index contributed by atoms with van der Waals surface area (Å²) in [4.78, 5) is 22.8. The van der Waals surface area contributed by atoms with Crippen molar-refractivity contribution < 1.29 is 0 Å². The summed E-state index contributed by atoms with van der Waals surface area (Å²) < 4.78 is 2.02. The molecule has 4 heterocycles. The van der Waals surface area contributed by atoms with E-state index in [0.717, 1.165) is 52.4 Å². The number of piperidine rings is 1. The van der Waals surface area contributed by atoms with E-state index < -0.39 is 0 Å². The molecule has 1 fully saturated rings. The van der Waals surface area contributed by atoms with E-state index in [-0.39, 0.29) is 17.5 Å². The van der Waals surface area contributed by atoms with Gasteiger partial charge in [0.1, 0.15) is 10.7 Å². The molecule has 25 heavy (non-hydrogen) atoms. The molecular formula is C19H23N3OS2. The fourth-order valence-electron chi connectivity index (χ4n) is 3.65. The number of aromatic nitrogens is 2. The maximum Gasteiger partial charge on any atom is 0.263 e. The molecule has 0 spiro atoms. The Balaban J connectivity index is 1.93. The van der Waals surface area contributed by atoms with Crippen molar-refractivity contribution in [2.45, 2.75) is 38.6 Å². The molecule has 4 nitrogen and oxygen atoms in total. The van der Waals surface area contributed by atoms with Gasteiger partial charge in [-0.1, -0.05) is 19.9 Å². The largest absolute Gasteiger partial charge is 0.306 e. The molecule has 0 radical (unpaired) electrons. The van der Waals surface area contributed by atoms with Crippen LogP contribution in [0.25, 0.3) is 20.7 Å². The fourth-order valence-corrected chi connectivity index (χ4v) is 5.40. The van der Waals surface area contributed by atoms with E-state index in [1.807, 2.05) is 10.6 Å². The maximum atomic E-state index is 13.5. The van der Waals surface area contributed by atoms with Crippen LogP contribution in [0.3, 0.4) is 0 Å². The third-order valence-electron chi connectivity index (χ3n) is 5.02. The summed E-state index contributed by atoms with van der Waals surface area (Å²) in [5, 5.41) is 4.95. The molecule has 132 valence electrons. The average molecular weight is 374 g/mol. The summed E-state index contributed by atoms with van der Waals surface area (Å²) in [6.07, 6.45) is 2.03. The topological polar surface area (TPSA) is 38.1 Å². The number of hydrogen-bond acceptors (Lipinski definition) is 5. The van der Waals surface area contributed by atoms with Crippen LogP contribution < -0.4 is 5.56 Å². The Hall–Kier alpha value is -1.50. The third kappa shape index (κ3) is 2.96. The lowest BCUT2D eigenvalue weighted by molar-refractivity contribution is 0.215. The summed E-state index contributed by atoms with van der Waals surface area (Å²) >= 11 is 3.27.